The molecule has 2 rings (SSSR count). The Morgan fingerprint density at radius 3 is 2.04 bits per heavy atom. The Morgan fingerprint density at radius 2 is 1.52 bits per heavy atom. The third-order valence-corrected chi connectivity index (χ3v) is 8.56. The second-order valence-corrected chi connectivity index (χ2v) is 10.1. The van der Waals surface area contributed by atoms with Gasteiger partial charge >= 0.3 is 0 Å². The minimum atomic E-state index is -2.47. The summed E-state index contributed by atoms with van der Waals surface area (Å²) in [5.41, 5.74) is 0.861. The number of hydrogen-bond acceptors (Lipinski definition) is 2. The number of unbranched alkanes of at least 4 members (excludes halogenated alkanes) is 2. The molecule has 1 atom stereocenters. The number of nitrogens with zero attached hydrogens (tertiary/aromatic N) is 1. The van der Waals surface area contributed by atoms with Crippen LogP contribution in [-0.4, -0.2) is 22.8 Å². The lowest BCUT2D eigenvalue weighted by atomic mass is 10.1. The molecule has 25 heavy (non-hydrogen) atoms. The summed E-state index contributed by atoms with van der Waals surface area (Å²) in [7, 11) is -2.47. The van der Waals surface area contributed by atoms with Crippen LogP contribution in [0.3, 0.4) is 0 Å². The highest BCUT2D eigenvalue weighted by Gasteiger charge is 2.34. The van der Waals surface area contributed by atoms with Crippen LogP contribution < -0.4 is 0 Å². The molecule has 0 amide bonds. The molecular formula is C21H30NO2P. The van der Waals surface area contributed by atoms with E-state index in [0.29, 0.717) is 6.42 Å². The van der Waals surface area contributed by atoms with Gasteiger partial charge in [0.2, 0.25) is 5.91 Å². The first kappa shape index (κ1) is 19.7. The Balaban J connectivity index is 2.33. The third kappa shape index (κ3) is 5.44. The minimum absolute atomic E-state index is 0.0204. The van der Waals surface area contributed by atoms with Crippen LogP contribution in [0.15, 0.2) is 54.9 Å². The van der Waals surface area contributed by atoms with Crippen molar-refractivity contribution < 1.29 is 9.36 Å². The zero-order valence-electron chi connectivity index (χ0n) is 15.4. The minimum Gasteiger partial charge on any atom is -0.323 e. The van der Waals surface area contributed by atoms with Gasteiger partial charge in [0.05, 0.1) is 7.14 Å². The molecule has 136 valence electrons. The second-order valence-electron chi connectivity index (χ2n) is 6.72. The molecule has 0 aliphatic carbocycles. The molecule has 0 fully saturated rings. The predicted octanol–water partition coefficient (Wildman–Crippen LogP) is 6.22. The van der Waals surface area contributed by atoms with E-state index < -0.39 is 7.14 Å². The number of hydrogen-bond donors (Lipinski definition) is 0. The molecule has 1 aromatic heterocycles. The fourth-order valence-electron chi connectivity index (χ4n) is 3.28. The summed E-state index contributed by atoms with van der Waals surface area (Å²) in [6, 6.07) is 13.7. The molecule has 0 aliphatic heterocycles. The van der Waals surface area contributed by atoms with Crippen molar-refractivity contribution in [3.63, 3.8) is 0 Å². The first-order valence-corrected chi connectivity index (χ1v) is 11.5. The highest BCUT2D eigenvalue weighted by molar-refractivity contribution is 7.64. The Hall–Kier alpha value is -1.60. The van der Waals surface area contributed by atoms with E-state index in [0.717, 1.165) is 43.6 Å². The van der Waals surface area contributed by atoms with Crippen molar-refractivity contribution in [3.05, 3.63) is 60.4 Å². The molecule has 4 heteroatoms. The van der Waals surface area contributed by atoms with Gasteiger partial charge in [-0.2, -0.15) is 0 Å². The van der Waals surface area contributed by atoms with Crippen molar-refractivity contribution in [2.24, 2.45) is 0 Å². The molecule has 3 nitrogen and oxygen atoms in total. The molecule has 1 aromatic carbocycles. The van der Waals surface area contributed by atoms with Gasteiger partial charge < -0.3 is 4.57 Å². The van der Waals surface area contributed by atoms with E-state index in [4.69, 9.17) is 0 Å². The van der Waals surface area contributed by atoms with E-state index in [-0.39, 0.29) is 11.6 Å². The number of benzene rings is 1. The van der Waals surface area contributed by atoms with Crippen LogP contribution >= 0.6 is 7.14 Å². The standard InChI is InChI=1S/C21H30NO2P/c1-3-5-16-25(24,17-6-4-2)20(19-12-8-7-9-13-19)18-21(23)22-14-10-11-15-22/h7-15,20H,3-6,16-18H2,1-2H3/t20-/m0/s1. The van der Waals surface area contributed by atoms with Gasteiger partial charge in [-0.3, -0.25) is 9.36 Å². The van der Waals surface area contributed by atoms with Gasteiger partial charge in [0.25, 0.3) is 0 Å². The molecule has 0 saturated heterocycles. The highest BCUT2D eigenvalue weighted by atomic mass is 31.2. The van der Waals surface area contributed by atoms with Crippen molar-refractivity contribution in [3.8, 4) is 0 Å². The summed E-state index contributed by atoms with van der Waals surface area (Å²) >= 11 is 0. The van der Waals surface area contributed by atoms with Crippen LogP contribution in [0.2, 0.25) is 0 Å². The van der Waals surface area contributed by atoms with E-state index in [1.165, 1.54) is 0 Å². The number of carbonyl (C=O) groups excluding carboxylic acids is 1. The Kier molecular flexibility index (Phi) is 7.71. The molecular weight excluding hydrogens is 329 g/mol. The van der Waals surface area contributed by atoms with Gasteiger partial charge in [0.1, 0.15) is 0 Å². The molecule has 0 aliphatic rings. The molecule has 0 bridgehead atoms. The predicted molar refractivity (Wildman–Crippen MR) is 106 cm³/mol. The van der Waals surface area contributed by atoms with Gasteiger partial charge in [-0.15, -0.1) is 0 Å². The fraction of sp³-hybridized carbons (Fsp3) is 0.476. The summed E-state index contributed by atoms with van der Waals surface area (Å²) < 4.78 is 15.6. The summed E-state index contributed by atoms with van der Waals surface area (Å²) in [6.07, 6.45) is 9.31. The van der Waals surface area contributed by atoms with Crippen LogP contribution in [0, 0.1) is 0 Å². The van der Waals surface area contributed by atoms with Crippen LogP contribution in [0.25, 0.3) is 0 Å². The van der Waals surface area contributed by atoms with Crippen LogP contribution in [0.1, 0.15) is 62.0 Å². The topological polar surface area (TPSA) is 39.1 Å². The molecule has 0 radical (unpaired) electrons. The lowest BCUT2D eigenvalue weighted by Crippen LogP contribution is -2.16. The molecule has 0 N–H and O–H groups in total. The van der Waals surface area contributed by atoms with Crippen molar-refractivity contribution in [2.45, 2.75) is 51.6 Å². The van der Waals surface area contributed by atoms with Crippen molar-refractivity contribution in [2.75, 3.05) is 12.3 Å². The summed E-state index contributed by atoms with van der Waals surface area (Å²) in [6.45, 7) is 4.26. The summed E-state index contributed by atoms with van der Waals surface area (Å²) in [5.74, 6) is 0.0204. The van der Waals surface area contributed by atoms with Gasteiger partial charge in [0.15, 0.2) is 0 Å². The molecule has 2 aromatic rings. The quantitative estimate of drug-likeness (QED) is 0.472. The van der Waals surface area contributed by atoms with Gasteiger partial charge in [-0.05, 0) is 30.5 Å². The maximum Gasteiger partial charge on any atom is 0.231 e. The lowest BCUT2D eigenvalue weighted by molar-refractivity contribution is 0.0901. The van der Waals surface area contributed by atoms with Crippen LogP contribution in [-0.2, 0) is 4.57 Å². The Labute approximate surface area is 151 Å². The lowest BCUT2D eigenvalue weighted by Gasteiger charge is -2.28. The van der Waals surface area contributed by atoms with E-state index >= 15 is 0 Å². The fourth-order valence-corrected chi connectivity index (χ4v) is 7.03. The highest BCUT2D eigenvalue weighted by Crippen LogP contribution is 2.61. The second kappa shape index (κ2) is 9.77. The van der Waals surface area contributed by atoms with Crippen molar-refractivity contribution in [1.29, 1.82) is 0 Å². The average molecular weight is 359 g/mol. The summed E-state index contributed by atoms with van der Waals surface area (Å²) in [5, 5.41) is 0. The molecule has 0 unspecified atom stereocenters. The van der Waals surface area contributed by atoms with E-state index in [2.05, 4.69) is 13.8 Å². The number of carbonyl (C=O) groups is 1. The van der Waals surface area contributed by atoms with Gasteiger partial charge in [-0.1, -0.05) is 57.0 Å². The van der Waals surface area contributed by atoms with Crippen LogP contribution in [0.5, 0.6) is 0 Å². The SMILES string of the molecule is CCCCP(=O)(CCCC)[C@@H](CC(=O)n1cccc1)c1ccccc1. The Bertz CT molecular complexity index is 667. The Morgan fingerprint density at radius 1 is 0.960 bits per heavy atom. The molecule has 1 heterocycles. The molecule has 0 saturated carbocycles. The van der Waals surface area contributed by atoms with E-state index in [1.54, 1.807) is 17.0 Å². The number of rotatable bonds is 10. The molecule has 0 spiro atoms. The van der Waals surface area contributed by atoms with E-state index in [9.17, 15) is 9.36 Å². The first-order chi connectivity index (χ1) is 12.1. The monoisotopic (exact) mass is 359 g/mol. The van der Waals surface area contributed by atoms with Gasteiger partial charge in [0, 0.05) is 36.8 Å². The van der Waals surface area contributed by atoms with E-state index in [1.807, 2.05) is 42.5 Å². The largest absolute Gasteiger partial charge is 0.323 e. The normalized spacial score (nSPS) is 12.9. The third-order valence-electron chi connectivity index (χ3n) is 4.79. The van der Waals surface area contributed by atoms with Crippen molar-refractivity contribution in [1.82, 2.24) is 4.57 Å². The van der Waals surface area contributed by atoms with Crippen molar-refractivity contribution >= 4 is 13.0 Å². The maximum atomic E-state index is 14.0. The maximum absolute atomic E-state index is 14.0. The average Bonchev–Trinajstić information content (AvgIpc) is 3.18. The van der Waals surface area contributed by atoms with Crippen LogP contribution in [0.4, 0.5) is 0 Å². The first-order valence-electron chi connectivity index (χ1n) is 9.39. The van der Waals surface area contributed by atoms with Gasteiger partial charge in [-0.25, -0.2) is 0 Å². The smallest absolute Gasteiger partial charge is 0.231 e. The zero-order chi connectivity index (χ0) is 18.1. The zero-order valence-corrected chi connectivity index (χ0v) is 16.3. The summed E-state index contributed by atoms with van der Waals surface area (Å²) in [4.78, 5) is 12.7. The number of aromatic nitrogens is 1.